The Balaban J connectivity index is 1.26. The van der Waals surface area contributed by atoms with E-state index in [-0.39, 0.29) is 17.9 Å². The van der Waals surface area contributed by atoms with Gasteiger partial charge in [0.1, 0.15) is 0 Å². The number of likely N-dealkylation sites (N-methyl/N-ethyl adjacent to an activating group) is 1. The van der Waals surface area contributed by atoms with E-state index in [1.54, 1.807) is 12.1 Å². The van der Waals surface area contributed by atoms with E-state index in [2.05, 4.69) is 45.3 Å². The summed E-state index contributed by atoms with van der Waals surface area (Å²) in [6.07, 6.45) is 2.84. The number of methoxy groups -OCH3 is 1. The molecule has 7 rings (SSSR count). The summed E-state index contributed by atoms with van der Waals surface area (Å²) in [4.78, 5) is 48.1. The van der Waals surface area contributed by atoms with Crippen LogP contribution in [0.3, 0.4) is 0 Å². The molecule has 4 aliphatic rings. The Hall–Kier alpha value is -4.47. The molecule has 0 radical (unpaired) electrons. The molecule has 3 aromatic carbocycles. The van der Waals surface area contributed by atoms with Gasteiger partial charge in [-0.15, -0.1) is 0 Å². The van der Waals surface area contributed by atoms with Gasteiger partial charge in [0, 0.05) is 55.7 Å². The van der Waals surface area contributed by atoms with Crippen LogP contribution in [0.4, 0.5) is 17.1 Å². The quantitative estimate of drug-likeness (QED) is 0.327. The third kappa shape index (κ3) is 5.27. The summed E-state index contributed by atoms with van der Waals surface area (Å²) in [5.74, 6) is -0.498. The smallest absolute Gasteiger partial charge is 0.337 e. The van der Waals surface area contributed by atoms with Gasteiger partial charge in [0.2, 0.25) is 5.91 Å². The molecular weight excluding hydrogens is 554 g/mol. The average molecular weight is 592 g/mol. The van der Waals surface area contributed by atoms with Crippen molar-refractivity contribution in [3.8, 4) is 0 Å². The minimum absolute atomic E-state index is 0.151. The van der Waals surface area contributed by atoms with E-state index < -0.39 is 5.97 Å². The number of esters is 1. The molecule has 3 aliphatic heterocycles. The van der Waals surface area contributed by atoms with Crippen molar-refractivity contribution < 1.29 is 19.1 Å². The summed E-state index contributed by atoms with van der Waals surface area (Å²) in [6, 6.07) is 21.9. The van der Waals surface area contributed by atoms with E-state index in [0.717, 1.165) is 79.2 Å². The Morgan fingerprint density at radius 1 is 0.932 bits per heavy atom. The number of carbonyl (C=O) groups excluding carboxylic acids is 3. The molecule has 2 amide bonds. The Bertz CT molecular complexity index is 1660. The number of carbonyl (C=O) groups is 3. The zero-order chi connectivity index (χ0) is 30.4. The van der Waals surface area contributed by atoms with Crippen LogP contribution < -0.4 is 15.1 Å². The van der Waals surface area contributed by atoms with E-state index >= 15 is 0 Å². The van der Waals surface area contributed by atoms with Gasteiger partial charge in [-0.05, 0) is 67.8 Å². The highest BCUT2D eigenvalue weighted by Crippen LogP contribution is 2.46. The van der Waals surface area contributed by atoms with Crippen molar-refractivity contribution in [1.82, 2.24) is 9.80 Å². The summed E-state index contributed by atoms with van der Waals surface area (Å²) in [6.45, 7) is 4.92. The molecule has 3 aromatic rings. The SMILES string of the molecule is COC(=O)c1ccc2c(c1)NC(=O)/C2=C(/c1ccccc1)N(c1ccc2c(c1)CCN2C(=O)CN1CCN(C)CC1)C1CC1. The topological polar surface area (TPSA) is 85.4 Å². The Morgan fingerprint density at radius 2 is 1.70 bits per heavy atom. The highest BCUT2D eigenvalue weighted by atomic mass is 16.5. The van der Waals surface area contributed by atoms with Gasteiger partial charge in [0.05, 0.1) is 36.2 Å². The number of benzene rings is 3. The van der Waals surface area contributed by atoms with Gasteiger partial charge >= 0.3 is 5.97 Å². The molecule has 0 atom stereocenters. The largest absolute Gasteiger partial charge is 0.465 e. The summed E-state index contributed by atoms with van der Waals surface area (Å²) in [7, 11) is 3.47. The first-order chi connectivity index (χ1) is 21.4. The number of nitrogens with zero attached hydrogens (tertiary/aromatic N) is 4. The number of hydrogen-bond donors (Lipinski definition) is 1. The maximum Gasteiger partial charge on any atom is 0.337 e. The highest BCUT2D eigenvalue weighted by molar-refractivity contribution is 6.38. The maximum atomic E-state index is 13.7. The predicted octanol–water partition coefficient (Wildman–Crippen LogP) is 4.10. The van der Waals surface area contributed by atoms with Crippen molar-refractivity contribution in [2.24, 2.45) is 0 Å². The molecule has 1 aliphatic carbocycles. The molecular formula is C35H37N5O4. The van der Waals surface area contributed by atoms with Crippen LogP contribution in [0, 0.1) is 0 Å². The van der Waals surface area contributed by atoms with Crippen LogP contribution in [-0.2, 0) is 20.7 Å². The number of piperazine rings is 1. The molecule has 9 nitrogen and oxygen atoms in total. The normalized spacial score (nSPS) is 19.3. The first kappa shape index (κ1) is 28.3. The van der Waals surface area contributed by atoms with Crippen LogP contribution >= 0.6 is 0 Å². The summed E-state index contributed by atoms with van der Waals surface area (Å²) in [5.41, 5.74) is 7.26. The van der Waals surface area contributed by atoms with E-state index in [0.29, 0.717) is 29.9 Å². The molecule has 226 valence electrons. The minimum atomic E-state index is -0.448. The van der Waals surface area contributed by atoms with Crippen LogP contribution in [0.5, 0.6) is 0 Å². The molecule has 0 unspecified atom stereocenters. The average Bonchev–Trinajstić information content (AvgIpc) is 3.70. The Labute approximate surface area is 257 Å². The van der Waals surface area contributed by atoms with Crippen LogP contribution in [0.1, 0.15) is 39.9 Å². The van der Waals surface area contributed by atoms with Gasteiger partial charge in [0.15, 0.2) is 0 Å². The Kier molecular flexibility index (Phi) is 7.43. The van der Waals surface area contributed by atoms with Crippen LogP contribution in [-0.4, -0.2) is 87.1 Å². The van der Waals surface area contributed by atoms with Gasteiger partial charge in [-0.1, -0.05) is 36.4 Å². The van der Waals surface area contributed by atoms with Crippen molar-refractivity contribution >= 4 is 46.1 Å². The van der Waals surface area contributed by atoms with Crippen molar-refractivity contribution in [3.63, 3.8) is 0 Å². The fourth-order valence-corrected chi connectivity index (χ4v) is 6.59. The van der Waals surface area contributed by atoms with Gasteiger partial charge in [0.25, 0.3) is 5.91 Å². The number of fused-ring (bicyclic) bond motifs is 2. The second-order valence-corrected chi connectivity index (χ2v) is 12.1. The lowest BCUT2D eigenvalue weighted by molar-refractivity contribution is -0.120. The summed E-state index contributed by atoms with van der Waals surface area (Å²) >= 11 is 0. The van der Waals surface area contributed by atoms with Gasteiger partial charge in [-0.2, -0.15) is 0 Å². The van der Waals surface area contributed by atoms with Crippen molar-refractivity contribution in [3.05, 3.63) is 89.0 Å². The Morgan fingerprint density at radius 3 is 2.43 bits per heavy atom. The number of nitrogens with one attached hydrogen (secondary N) is 1. The molecule has 44 heavy (non-hydrogen) atoms. The van der Waals surface area contributed by atoms with Crippen molar-refractivity contribution in [1.29, 1.82) is 0 Å². The van der Waals surface area contributed by atoms with Gasteiger partial charge in [-0.3, -0.25) is 14.5 Å². The van der Waals surface area contributed by atoms with Crippen LogP contribution in [0.2, 0.25) is 0 Å². The molecule has 0 spiro atoms. The van der Waals surface area contributed by atoms with Crippen LogP contribution in [0.15, 0.2) is 66.7 Å². The lowest BCUT2D eigenvalue weighted by atomic mass is 9.97. The number of anilines is 3. The van der Waals surface area contributed by atoms with E-state index in [1.165, 1.54) is 7.11 Å². The molecule has 0 bridgehead atoms. The molecule has 3 heterocycles. The molecule has 1 N–H and O–H groups in total. The fourth-order valence-electron chi connectivity index (χ4n) is 6.59. The second kappa shape index (κ2) is 11.6. The molecule has 1 saturated carbocycles. The first-order valence-electron chi connectivity index (χ1n) is 15.4. The fraction of sp³-hybridized carbons (Fsp3) is 0.343. The molecule has 1 saturated heterocycles. The lowest BCUT2D eigenvalue weighted by Gasteiger charge is -2.33. The number of amides is 2. The molecule has 0 aromatic heterocycles. The van der Waals surface area contributed by atoms with E-state index in [1.807, 2.05) is 41.3 Å². The van der Waals surface area contributed by atoms with Gasteiger partial charge < -0.3 is 24.8 Å². The number of rotatable bonds is 7. The van der Waals surface area contributed by atoms with E-state index in [9.17, 15) is 14.4 Å². The maximum absolute atomic E-state index is 13.7. The number of hydrogen-bond acceptors (Lipinski definition) is 7. The monoisotopic (exact) mass is 591 g/mol. The first-order valence-corrected chi connectivity index (χ1v) is 15.4. The van der Waals surface area contributed by atoms with Gasteiger partial charge in [-0.25, -0.2) is 4.79 Å². The van der Waals surface area contributed by atoms with Crippen molar-refractivity contribution in [2.75, 3.05) is 68.5 Å². The summed E-state index contributed by atoms with van der Waals surface area (Å²) < 4.78 is 4.90. The zero-order valence-corrected chi connectivity index (χ0v) is 25.2. The predicted molar refractivity (Wildman–Crippen MR) is 172 cm³/mol. The second-order valence-electron chi connectivity index (χ2n) is 12.1. The number of ether oxygens (including phenoxy) is 1. The van der Waals surface area contributed by atoms with E-state index in [4.69, 9.17) is 4.74 Å². The summed E-state index contributed by atoms with van der Waals surface area (Å²) in [5, 5.41) is 3.00. The molecule has 9 heteroatoms. The minimum Gasteiger partial charge on any atom is -0.465 e. The molecule has 2 fully saturated rings. The zero-order valence-electron chi connectivity index (χ0n) is 25.2. The standard InChI is InChI=1S/C35H37N5O4/c1-37-16-18-38(19-17-37)22-31(41)39-15-14-24-20-27(11-13-30(24)39)40(26-9-10-26)33(23-6-4-3-5-7-23)32-28-12-8-25(35(43)44-2)21-29(28)36-34(32)42/h3-8,11-13,20-21,26H,9-10,14-19,22H2,1-2H3,(H,36,42)/b33-32-. The highest BCUT2D eigenvalue weighted by Gasteiger charge is 2.38. The lowest BCUT2D eigenvalue weighted by Crippen LogP contribution is -2.48. The van der Waals surface area contributed by atoms with Crippen LogP contribution in [0.25, 0.3) is 11.3 Å². The van der Waals surface area contributed by atoms with Crippen molar-refractivity contribution in [2.45, 2.75) is 25.3 Å². The third-order valence-corrected chi connectivity index (χ3v) is 9.11. The third-order valence-electron chi connectivity index (χ3n) is 9.11.